The molecule has 5 heteroatoms. The summed E-state index contributed by atoms with van der Waals surface area (Å²) in [6.45, 7) is 0. The number of anilines is 1. The largest absolute Gasteiger partial charge is 0.436 e. The number of aromatic nitrogens is 1. The predicted octanol–water partition coefficient (Wildman–Crippen LogP) is 12.2. The number of oxazole rings is 1. The number of nitrogens with zero attached hydrogens (tertiary/aromatic N) is 1. The van der Waals surface area contributed by atoms with Crippen LogP contribution in [0.1, 0.15) is 33.2 Å². The summed E-state index contributed by atoms with van der Waals surface area (Å²) in [5.74, 6) is 0.633. The van der Waals surface area contributed by atoms with Gasteiger partial charge in [0.15, 0.2) is 5.58 Å². The van der Waals surface area contributed by atoms with Gasteiger partial charge < -0.3 is 9.73 Å². The van der Waals surface area contributed by atoms with Crippen molar-refractivity contribution in [1.29, 1.82) is 0 Å². The van der Waals surface area contributed by atoms with Crippen molar-refractivity contribution in [2.24, 2.45) is 0 Å². The fraction of sp³-hybridized carbons (Fsp3) is 0.0444. The lowest BCUT2D eigenvalue weighted by molar-refractivity contribution is 0.620. The zero-order chi connectivity index (χ0) is 32.8. The van der Waals surface area contributed by atoms with E-state index in [0.717, 1.165) is 22.2 Å². The third-order valence-electron chi connectivity index (χ3n) is 10.4. The molecule has 0 saturated heterocycles. The molecule has 3 nitrogen and oxygen atoms in total. The van der Waals surface area contributed by atoms with Crippen LogP contribution in [0.4, 0.5) is 5.69 Å². The molecule has 2 aliphatic heterocycles. The Hall–Kier alpha value is -5.49. The van der Waals surface area contributed by atoms with E-state index in [1.807, 2.05) is 47.8 Å². The van der Waals surface area contributed by atoms with Crippen LogP contribution in [0.25, 0.3) is 44.8 Å². The second-order valence-corrected chi connectivity index (χ2v) is 15.3. The van der Waals surface area contributed by atoms with Gasteiger partial charge >= 0.3 is 0 Å². The molecule has 0 fully saturated rings. The lowest BCUT2D eigenvalue weighted by Crippen LogP contribution is -2.31. The molecule has 11 rings (SSSR count). The monoisotopic (exact) mass is 676 g/mol. The van der Waals surface area contributed by atoms with Crippen LogP contribution in [-0.4, -0.2) is 4.98 Å². The first kappa shape index (κ1) is 28.4. The van der Waals surface area contributed by atoms with Crippen molar-refractivity contribution in [3.63, 3.8) is 0 Å². The molecule has 50 heavy (non-hydrogen) atoms. The average molecular weight is 677 g/mol. The Kier molecular flexibility index (Phi) is 6.10. The van der Waals surface area contributed by atoms with Crippen molar-refractivity contribution >= 4 is 40.3 Å². The van der Waals surface area contributed by atoms with Crippen molar-refractivity contribution in [1.82, 2.24) is 4.98 Å². The minimum absolute atomic E-state index is 0.0710. The minimum Gasteiger partial charge on any atom is -0.436 e. The van der Waals surface area contributed by atoms with Gasteiger partial charge in [-0.2, -0.15) is 0 Å². The summed E-state index contributed by atoms with van der Waals surface area (Å²) >= 11 is 3.73. The van der Waals surface area contributed by atoms with Gasteiger partial charge in [0.1, 0.15) is 10.9 Å². The van der Waals surface area contributed by atoms with Crippen LogP contribution in [0.15, 0.2) is 177 Å². The van der Waals surface area contributed by atoms with Crippen LogP contribution >= 0.6 is 23.5 Å². The van der Waals surface area contributed by atoms with Crippen molar-refractivity contribution in [3.8, 4) is 33.7 Å². The molecule has 1 N–H and O–H groups in total. The van der Waals surface area contributed by atoms with Gasteiger partial charge in [-0.25, -0.2) is 4.98 Å². The number of hydrogen-bond donors (Lipinski definition) is 1. The number of hydrogen-bond acceptors (Lipinski definition) is 5. The Morgan fingerprint density at radius 3 is 2.00 bits per heavy atom. The maximum Gasteiger partial charge on any atom is 0.227 e. The van der Waals surface area contributed by atoms with Gasteiger partial charge in [0.2, 0.25) is 5.89 Å². The molecule has 3 aliphatic rings. The minimum atomic E-state index is -0.385. The fourth-order valence-electron chi connectivity index (χ4n) is 8.27. The molecule has 3 heterocycles. The molecule has 8 aromatic rings. The van der Waals surface area contributed by atoms with Gasteiger partial charge in [0.25, 0.3) is 0 Å². The second-order valence-electron chi connectivity index (χ2n) is 13.1. The zero-order valence-electron chi connectivity index (χ0n) is 26.8. The number of rotatable bonds is 3. The SMILES string of the molecule is c1ccc2c(c1)NC(c1cc(-c3ccc4c(c3)-c3ccccc3C43c4ccccc4Sc4ccccc43)cc(-c3nc4ccccc4o3)c1)S2. The lowest BCUT2D eigenvalue weighted by Gasteiger charge is -2.39. The van der Waals surface area contributed by atoms with E-state index < -0.39 is 0 Å². The molecule has 7 aromatic carbocycles. The second kappa shape index (κ2) is 10.8. The Morgan fingerprint density at radius 1 is 0.540 bits per heavy atom. The topological polar surface area (TPSA) is 38.1 Å². The number of nitrogens with one attached hydrogen (secondary N) is 1. The molecule has 0 amide bonds. The molecule has 1 atom stereocenters. The van der Waals surface area contributed by atoms with E-state index in [9.17, 15) is 0 Å². The highest BCUT2D eigenvalue weighted by atomic mass is 32.2. The van der Waals surface area contributed by atoms with E-state index in [-0.39, 0.29) is 10.8 Å². The number of para-hydroxylation sites is 3. The highest BCUT2D eigenvalue weighted by Crippen LogP contribution is 2.62. The van der Waals surface area contributed by atoms with Crippen molar-refractivity contribution < 1.29 is 4.42 Å². The highest BCUT2D eigenvalue weighted by molar-refractivity contribution is 8.00. The number of benzene rings is 7. The van der Waals surface area contributed by atoms with Crippen LogP contribution in [0.5, 0.6) is 0 Å². The molecule has 0 bridgehead atoms. The molecular weight excluding hydrogens is 649 g/mol. The third kappa shape index (κ3) is 4.05. The van der Waals surface area contributed by atoms with E-state index in [0.29, 0.717) is 5.89 Å². The Labute approximate surface area is 298 Å². The smallest absolute Gasteiger partial charge is 0.227 e. The number of thioether (sulfide) groups is 1. The predicted molar refractivity (Wildman–Crippen MR) is 205 cm³/mol. The molecule has 1 aliphatic carbocycles. The van der Waals surface area contributed by atoms with Crippen molar-refractivity contribution in [3.05, 3.63) is 186 Å². The van der Waals surface area contributed by atoms with Gasteiger partial charge in [-0.15, -0.1) is 0 Å². The Morgan fingerprint density at radius 2 is 1.20 bits per heavy atom. The van der Waals surface area contributed by atoms with Gasteiger partial charge in [-0.3, -0.25) is 0 Å². The molecular formula is C45H28N2OS2. The Balaban J connectivity index is 1.12. The molecule has 0 saturated carbocycles. The fourth-order valence-corrected chi connectivity index (χ4v) is 10.6. The van der Waals surface area contributed by atoms with Gasteiger partial charge in [0.05, 0.1) is 5.41 Å². The van der Waals surface area contributed by atoms with Crippen LogP contribution in [0.3, 0.4) is 0 Å². The first-order chi connectivity index (χ1) is 24.7. The van der Waals surface area contributed by atoms with E-state index in [1.54, 1.807) is 0 Å². The summed E-state index contributed by atoms with van der Waals surface area (Å²) in [4.78, 5) is 8.81. The molecule has 1 spiro atoms. The summed E-state index contributed by atoms with van der Waals surface area (Å²) in [6.07, 6.45) is 0. The summed E-state index contributed by atoms with van der Waals surface area (Å²) < 4.78 is 6.35. The summed E-state index contributed by atoms with van der Waals surface area (Å²) in [5.41, 5.74) is 14.9. The number of fused-ring (bicyclic) bond motifs is 11. The maximum absolute atomic E-state index is 6.35. The standard InChI is InChI=1S/C45H28N2OS2/c1-2-12-33-31(11-1)32-26-27(21-22-34(32)45(33)35-13-3-8-18-40(35)49-41-19-9-4-14-36(41)45)28-23-29(43-46-37-15-5-7-17-39(37)48-43)25-30(24-28)44-47-38-16-6-10-20-42(38)50-44/h1-26,44,47H. The van der Waals surface area contributed by atoms with E-state index in [2.05, 4.69) is 139 Å². The lowest BCUT2D eigenvalue weighted by atomic mass is 9.67. The first-order valence-electron chi connectivity index (χ1n) is 16.9. The highest BCUT2D eigenvalue weighted by Gasteiger charge is 2.50. The van der Waals surface area contributed by atoms with E-state index in [1.165, 1.54) is 64.9 Å². The van der Waals surface area contributed by atoms with Crippen molar-refractivity contribution in [2.75, 3.05) is 5.32 Å². The summed E-state index contributed by atoms with van der Waals surface area (Å²) in [7, 11) is 0. The van der Waals surface area contributed by atoms with Gasteiger partial charge in [-0.05, 0) is 111 Å². The molecule has 1 aromatic heterocycles. The maximum atomic E-state index is 6.35. The van der Waals surface area contributed by atoms with E-state index in [4.69, 9.17) is 9.40 Å². The molecule has 236 valence electrons. The van der Waals surface area contributed by atoms with Crippen molar-refractivity contribution in [2.45, 2.75) is 25.5 Å². The van der Waals surface area contributed by atoms with Crippen LogP contribution in [0.2, 0.25) is 0 Å². The first-order valence-corrected chi connectivity index (χ1v) is 18.6. The summed E-state index contributed by atoms with van der Waals surface area (Å²) in [5, 5.41) is 3.83. The zero-order valence-corrected chi connectivity index (χ0v) is 28.4. The van der Waals surface area contributed by atoms with Crippen LogP contribution < -0.4 is 5.32 Å². The quantitative estimate of drug-likeness (QED) is 0.202. The summed E-state index contributed by atoms with van der Waals surface area (Å²) in [6, 6.07) is 57.4. The van der Waals surface area contributed by atoms with Crippen LogP contribution in [0, 0.1) is 0 Å². The molecule has 1 unspecified atom stereocenters. The van der Waals surface area contributed by atoms with Gasteiger partial charge in [-0.1, -0.05) is 121 Å². The average Bonchev–Trinajstić information content (AvgIpc) is 3.89. The third-order valence-corrected chi connectivity index (χ3v) is 12.8. The molecule has 0 radical (unpaired) electrons. The normalized spacial score (nSPS) is 16.0. The van der Waals surface area contributed by atoms with Gasteiger partial charge in [0, 0.05) is 25.9 Å². The van der Waals surface area contributed by atoms with Crippen LogP contribution in [-0.2, 0) is 5.41 Å². The van der Waals surface area contributed by atoms with E-state index >= 15 is 0 Å². The Bertz CT molecular complexity index is 2570.